The third kappa shape index (κ3) is 3.28. The van der Waals surface area contributed by atoms with Crippen LogP contribution in [0.5, 0.6) is 5.75 Å². The SMILES string of the molecule is CC(C)(C)c1ccc(C2c3c(-c4ccccc4O)n[nH]c3C(=O)N2Cc2ccco2)cc1. The number of phenols is 1. The van der Waals surface area contributed by atoms with Crippen molar-refractivity contribution in [1.29, 1.82) is 0 Å². The van der Waals surface area contributed by atoms with Gasteiger partial charge in [0.1, 0.15) is 22.9 Å². The number of carbonyl (C=O) groups is 1. The number of nitrogens with one attached hydrogen (secondary N) is 1. The molecule has 2 aromatic carbocycles. The minimum atomic E-state index is -0.357. The first-order valence-corrected chi connectivity index (χ1v) is 10.6. The van der Waals surface area contributed by atoms with Crippen molar-refractivity contribution in [2.45, 2.75) is 38.8 Å². The summed E-state index contributed by atoms with van der Waals surface area (Å²) in [6.45, 7) is 6.86. The van der Waals surface area contributed by atoms with E-state index in [2.05, 4.69) is 55.2 Å². The second kappa shape index (κ2) is 7.41. The minimum absolute atomic E-state index is 0.0275. The summed E-state index contributed by atoms with van der Waals surface area (Å²) in [5.41, 5.74) is 4.62. The maximum atomic E-state index is 13.4. The molecule has 3 heterocycles. The van der Waals surface area contributed by atoms with Crippen LogP contribution in [0.15, 0.2) is 71.3 Å². The smallest absolute Gasteiger partial charge is 0.273 e. The van der Waals surface area contributed by atoms with Gasteiger partial charge < -0.3 is 14.4 Å². The second-order valence-electron chi connectivity index (χ2n) is 9.17. The predicted molar refractivity (Wildman–Crippen MR) is 121 cm³/mol. The summed E-state index contributed by atoms with van der Waals surface area (Å²) in [4.78, 5) is 15.2. The van der Waals surface area contributed by atoms with Gasteiger partial charge in [0.2, 0.25) is 0 Å². The number of amides is 1. The Morgan fingerprint density at radius 2 is 1.81 bits per heavy atom. The van der Waals surface area contributed by atoms with E-state index in [1.807, 2.05) is 24.3 Å². The van der Waals surface area contributed by atoms with Crippen molar-refractivity contribution in [2.75, 3.05) is 0 Å². The summed E-state index contributed by atoms with van der Waals surface area (Å²) in [5, 5.41) is 17.8. The molecule has 1 atom stereocenters. The van der Waals surface area contributed by atoms with Gasteiger partial charge in [-0.25, -0.2) is 0 Å². The van der Waals surface area contributed by atoms with Crippen LogP contribution in [0.2, 0.25) is 0 Å². The zero-order chi connectivity index (χ0) is 22.5. The van der Waals surface area contributed by atoms with Gasteiger partial charge in [0, 0.05) is 11.1 Å². The Hall–Kier alpha value is -3.80. The molecule has 0 saturated carbocycles. The van der Waals surface area contributed by atoms with Crippen molar-refractivity contribution in [3.63, 3.8) is 0 Å². The molecule has 0 spiro atoms. The highest BCUT2D eigenvalue weighted by molar-refractivity contribution is 6.00. The molecule has 2 aromatic heterocycles. The average Bonchev–Trinajstić information content (AvgIpc) is 3.48. The third-order valence-corrected chi connectivity index (χ3v) is 6.02. The minimum Gasteiger partial charge on any atom is -0.507 e. The first-order valence-electron chi connectivity index (χ1n) is 10.6. The summed E-state index contributed by atoms with van der Waals surface area (Å²) in [6.07, 6.45) is 1.61. The van der Waals surface area contributed by atoms with E-state index < -0.39 is 0 Å². The van der Waals surface area contributed by atoms with Gasteiger partial charge in [-0.1, -0.05) is 57.2 Å². The lowest BCUT2D eigenvalue weighted by Crippen LogP contribution is -2.29. The predicted octanol–water partition coefficient (Wildman–Crippen LogP) is 5.42. The average molecular weight is 428 g/mol. The maximum absolute atomic E-state index is 13.4. The molecule has 32 heavy (non-hydrogen) atoms. The lowest BCUT2D eigenvalue weighted by molar-refractivity contribution is 0.0717. The number of aromatic nitrogens is 2. The number of aromatic amines is 1. The zero-order valence-corrected chi connectivity index (χ0v) is 18.3. The van der Waals surface area contributed by atoms with Crippen molar-refractivity contribution in [3.8, 4) is 17.0 Å². The lowest BCUT2D eigenvalue weighted by Gasteiger charge is -2.26. The van der Waals surface area contributed by atoms with Crippen molar-refractivity contribution < 1.29 is 14.3 Å². The van der Waals surface area contributed by atoms with E-state index in [1.165, 1.54) is 5.56 Å². The van der Waals surface area contributed by atoms with E-state index in [9.17, 15) is 9.90 Å². The van der Waals surface area contributed by atoms with Gasteiger partial charge in [0.25, 0.3) is 5.91 Å². The number of hydrogen-bond acceptors (Lipinski definition) is 4. The molecule has 5 rings (SSSR count). The number of H-pyrrole nitrogens is 1. The van der Waals surface area contributed by atoms with Gasteiger partial charge in [-0.3, -0.25) is 9.89 Å². The maximum Gasteiger partial charge on any atom is 0.273 e. The molecular weight excluding hydrogens is 402 g/mol. The number of aromatic hydroxyl groups is 1. The van der Waals surface area contributed by atoms with Crippen LogP contribution < -0.4 is 0 Å². The fourth-order valence-corrected chi connectivity index (χ4v) is 4.32. The van der Waals surface area contributed by atoms with Crippen molar-refractivity contribution in [1.82, 2.24) is 15.1 Å². The zero-order valence-electron chi connectivity index (χ0n) is 18.3. The molecule has 4 aromatic rings. The Morgan fingerprint density at radius 1 is 1.06 bits per heavy atom. The van der Waals surface area contributed by atoms with Crippen LogP contribution in [0.4, 0.5) is 0 Å². The molecule has 6 nitrogen and oxygen atoms in total. The summed E-state index contributed by atoms with van der Waals surface area (Å²) in [5.74, 6) is 0.688. The Balaban J connectivity index is 1.65. The molecule has 6 heteroatoms. The van der Waals surface area contributed by atoms with Crippen LogP contribution >= 0.6 is 0 Å². The van der Waals surface area contributed by atoms with E-state index in [0.29, 0.717) is 29.3 Å². The highest BCUT2D eigenvalue weighted by Crippen LogP contribution is 2.45. The number of fused-ring (bicyclic) bond motifs is 1. The Bertz CT molecular complexity index is 1260. The number of carbonyl (C=O) groups excluding carboxylic acids is 1. The van der Waals surface area contributed by atoms with Gasteiger partial charge in [0.05, 0.1) is 18.8 Å². The van der Waals surface area contributed by atoms with Crippen LogP contribution in [0.1, 0.15) is 59.8 Å². The van der Waals surface area contributed by atoms with E-state index in [1.54, 1.807) is 23.3 Å². The molecule has 2 N–H and O–H groups in total. The number of phenolic OH excluding ortho intramolecular Hbond substituents is 1. The normalized spacial score (nSPS) is 15.9. The van der Waals surface area contributed by atoms with E-state index in [0.717, 1.165) is 11.1 Å². The van der Waals surface area contributed by atoms with E-state index in [4.69, 9.17) is 4.42 Å². The number of hydrogen-bond donors (Lipinski definition) is 2. The van der Waals surface area contributed by atoms with Gasteiger partial charge >= 0.3 is 0 Å². The molecule has 1 aliphatic rings. The number of nitrogens with zero attached hydrogens (tertiary/aromatic N) is 2. The summed E-state index contributed by atoms with van der Waals surface area (Å²) in [6, 6.07) is 18.7. The highest BCUT2D eigenvalue weighted by Gasteiger charge is 2.42. The monoisotopic (exact) mass is 427 g/mol. The van der Waals surface area contributed by atoms with Gasteiger partial charge in [0.15, 0.2) is 0 Å². The quantitative estimate of drug-likeness (QED) is 0.456. The summed E-state index contributed by atoms with van der Waals surface area (Å²) >= 11 is 0. The number of para-hydroxylation sites is 1. The summed E-state index contributed by atoms with van der Waals surface area (Å²) in [7, 11) is 0. The topological polar surface area (TPSA) is 82.4 Å². The highest BCUT2D eigenvalue weighted by atomic mass is 16.3. The second-order valence-corrected chi connectivity index (χ2v) is 9.17. The number of benzene rings is 2. The van der Waals surface area contributed by atoms with Crippen LogP contribution in [0.25, 0.3) is 11.3 Å². The molecule has 1 unspecified atom stereocenters. The first kappa shape index (κ1) is 20.1. The lowest BCUT2D eigenvalue weighted by atomic mass is 9.85. The van der Waals surface area contributed by atoms with Gasteiger partial charge in [-0.15, -0.1) is 0 Å². The fraction of sp³-hybridized carbons (Fsp3) is 0.231. The molecule has 1 amide bonds. The molecule has 0 fully saturated rings. The molecular formula is C26H25N3O3. The van der Waals surface area contributed by atoms with E-state index >= 15 is 0 Å². The Kier molecular flexibility index (Phi) is 4.66. The molecule has 0 bridgehead atoms. The molecule has 162 valence electrons. The van der Waals surface area contributed by atoms with Crippen LogP contribution in [-0.4, -0.2) is 26.1 Å². The van der Waals surface area contributed by atoms with Gasteiger partial charge in [-0.05, 0) is 40.8 Å². The molecule has 0 aliphatic carbocycles. The largest absolute Gasteiger partial charge is 0.507 e. The van der Waals surface area contributed by atoms with Crippen LogP contribution in [0, 0.1) is 0 Å². The molecule has 0 radical (unpaired) electrons. The standard InChI is InChI=1S/C26H25N3O3/c1-26(2,3)17-12-10-16(11-13-17)24-21-22(19-8-4-5-9-20(19)30)27-28-23(21)25(31)29(24)15-18-7-6-14-32-18/h4-14,24,30H,15H2,1-3H3,(H,27,28). The van der Waals surface area contributed by atoms with Crippen LogP contribution in [-0.2, 0) is 12.0 Å². The molecule has 0 saturated heterocycles. The number of rotatable bonds is 4. The van der Waals surface area contributed by atoms with Crippen molar-refractivity contribution in [2.24, 2.45) is 0 Å². The van der Waals surface area contributed by atoms with Crippen molar-refractivity contribution in [3.05, 3.63) is 95.1 Å². The molecule has 1 aliphatic heterocycles. The Labute approximate surface area is 186 Å². The van der Waals surface area contributed by atoms with Gasteiger partial charge in [-0.2, -0.15) is 5.10 Å². The third-order valence-electron chi connectivity index (χ3n) is 6.02. The van der Waals surface area contributed by atoms with Crippen LogP contribution in [0.3, 0.4) is 0 Å². The Morgan fingerprint density at radius 3 is 2.47 bits per heavy atom. The summed E-state index contributed by atoms with van der Waals surface area (Å²) < 4.78 is 5.54. The number of furan rings is 1. The first-order chi connectivity index (χ1) is 15.3. The van der Waals surface area contributed by atoms with Crippen molar-refractivity contribution >= 4 is 5.91 Å². The van der Waals surface area contributed by atoms with E-state index in [-0.39, 0.29) is 23.1 Å². The fourth-order valence-electron chi connectivity index (χ4n) is 4.32.